The summed E-state index contributed by atoms with van der Waals surface area (Å²) in [5.74, 6) is 0.843. The Morgan fingerprint density at radius 3 is 2.60 bits per heavy atom. The van der Waals surface area contributed by atoms with Crippen molar-refractivity contribution in [2.45, 2.75) is 13.0 Å². The lowest BCUT2D eigenvalue weighted by atomic mass is 9.95. The highest BCUT2D eigenvalue weighted by molar-refractivity contribution is 7.07. The molecule has 0 bridgehead atoms. The molecule has 11 heteroatoms. The van der Waals surface area contributed by atoms with Crippen LogP contribution in [-0.4, -0.2) is 22.5 Å². The SMILES string of the molecule is COc1cccc([C@H]2C(C(=O)Nc3ccccc3)=C(C)N=c3s/c(=C\c4ccc(-c5ccccc5[N+](=O)[O-])o4)c(=O)n32)c1. The van der Waals surface area contributed by atoms with Gasteiger partial charge in [0, 0.05) is 17.8 Å². The molecule has 3 heterocycles. The molecule has 1 amide bonds. The van der Waals surface area contributed by atoms with E-state index in [2.05, 4.69) is 10.3 Å². The Bertz CT molecular complexity index is 2090. The van der Waals surface area contributed by atoms with Gasteiger partial charge in [-0.15, -0.1) is 0 Å². The van der Waals surface area contributed by atoms with E-state index in [-0.39, 0.29) is 17.2 Å². The number of furan rings is 1. The number of amides is 1. The van der Waals surface area contributed by atoms with Crippen molar-refractivity contribution in [1.82, 2.24) is 4.57 Å². The van der Waals surface area contributed by atoms with E-state index in [0.717, 1.165) is 11.3 Å². The van der Waals surface area contributed by atoms with Crippen LogP contribution in [-0.2, 0) is 4.79 Å². The molecule has 0 saturated carbocycles. The monoisotopic (exact) mass is 592 g/mol. The van der Waals surface area contributed by atoms with Gasteiger partial charge in [-0.05, 0) is 55.0 Å². The predicted molar refractivity (Wildman–Crippen MR) is 163 cm³/mol. The second-order valence-corrected chi connectivity index (χ2v) is 10.7. The molecule has 10 nitrogen and oxygen atoms in total. The summed E-state index contributed by atoms with van der Waals surface area (Å²) in [6, 6.07) is 25.1. The molecule has 3 aromatic carbocycles. The highest BCUT2D eigenvalue weighted by Crippen LogP contribution is 2.33. The van der Waals surface area contributed by atoms with Crippen molar-refractivity contribution in [3.63, 3.8) is 0 Å². The molecule has 0 fully saturated rings. The van der Waals surface area contributed by atoms with Gasteiger partial charge in [-0.2, -0.15) is 0 Å². The molecule has 6 rings (SSSR count). The average molecular weight is 593 g/mol. The lowest BCUT2D eigenvalue weighted by molar-refractivity contribution is -0.384. The molecule has 0 radical (unpaired) electrons. The zero-order chi connectivity index (χ0) is 30.1. The maximum Gasteiger partial charge on any atom is 0.280 e. The van der Waals surface area contributed by atoms with Crippen molar-refractivity contribution in [1.29, 1.82) is 0 Å². The van der Waals surface area contributed by atoms with E-state index >= 15 is 0 Å². The van der Waals surface area contributed by atoms with E-state index in [9.17, 15) is 19.7 Å². The number of hydrogen-bond acceptors (Lipinski definition) is 8. The first-order valence-corrected chi connectivity index (χ1v) is 14.0. The maximum atomic E-state index is 14.0. The quantitative estimate of drug-likeness (QED) is 0.208. The van der Waals surface area contributed by atoms with Gasteiger partial charge >= 0.3 is 0 Å². The number of allylic oxidation sites excluding steroid dienone is 1. The molecule has 43 heavy (non-hydrogen) atoms. The van der Waals surface area contributed by atoms with Gasteiger partial charge in [-0.1, -0.05) is 53.8 Å². The van der Waals surface area contributed by atoms with Gasteiger partial charge < -0.3 is 14.5 Å². The second-order valence-electron chi connectivity index (χ2n) is 9.65. The summed E-state index contributed by atoms with van der Waals surface area (Å²) in [7, 11) is 1.55. The van der Waals surface area contributed by atoms with Crippen LogP contribution in [0.1, 0.15) is 24.3 Å². The second kappa shape index (κ2) is 11.4. The molecule has 1 aliphatic heterocycles. The molecule has 5 aromatic rings. The normalized spacial score (nSPS) is 14.7. The van der Waals surface area contributed by atoms with E-state index in [0.29, 0.717) is 54.7 Å². The van der Waals surface area contributed by atoms with Gasteiger partial charge in [0.15, 0.2) is 4.80 Å². The van der Waals surface area contributed by atoms with Crippen molar-refractivity contribution in [3.8, 4) is 17.1 Å². The Hall–Kier alpha value is -5.55. The topological polar surface area (TPSA) is 129 Å². The van der Waals surface area contributed by atoms with Crippen LogP contribution in [0, 0.1) is 10.1 Å². The van der Waals surface area contributed by atoms with Gasteiger partial charge in [-0.25, -0.2) is 4.99 Å². The Kier molecular flexibility index (Phi) is 7.31. The van der Waals surface area contributed by atoms with E-state index in [1.165, 1.54) is 10.6 Å². The molecule has 0 saturated heterocycles. The van der Waals surface area contributed by atoms with Crippen LogP contribution >= 0.6 is 11.3 Å². The molecule has 214 valence electrons. The van der Waals surface area contributed by atoms with Crippen LogP contribution in [0.5, 0.6) is 5.75 Å². The van der Waals surface area contributed by atoms with E-state index in [1.807, 2.05) is 24.3 Å². The molecule has 1 atom stereocenters. The molecule has 0 unspecified atom stereocenters. The number of nitrogens with zero attached hydrogens (tertiary/aromatic N) is 3. The number of nitrogens with one attached hydrogen (secondary N) is 1. The molecular weight excluding hydrogens is 568 g/mol. The number of carbonyl (C=O) groups excluding carboxylic acids is 1. The molecular formula is C32H24N4O6S. The highest BCUT2D eigenvalue weighted by Gasteiger charge is 2.33. The fourth-order valence-electron chi connectivity index (χ4n) is 5.00. The number of para-hydroxylation sites is 2. The number of thiazole rings is 1. The molecule has 2 aromatic heterocycles. The Morgan fingerprint density at radius 1 is 1.07 bits per heavy atom. The van der Waals surface area contributed by atoms with Crippen LogP contribution in [0.2, 0.25) is 0 Å². The number of carbonyl (C=O) groups is 1. The number of nitro benzene ring substituents is 1. The minimum Gasteiger partial charge on any atom is -0.497 e. The van der Waals surface area contributed by atoms with Crippen molar-refractivity contribution < 1.29 is 18.9 Å². The number of hydrogen-bond donors (Lipinski definition) is 1. The van der Waals surface area contributed by atoms with Crippen molar-refractivity contribution in [2.24, 2.45) is 4.99 Å². The largest absolute Gasteiger partial charge is 0.497 e. The van der Waals surface area contributed by atoms with Crippen LogP contribution in [0.3, 0.4) is 0 Å². The summed E-state index contributed by atoms with van der Waals surface area (Å²) in [5, 5.41) is 14.4. The molecule has 1 N–H and O–H groups in total. The fraction of sp³-hybridized carbons (Fsp3) is 0.0938. The predicted octanol–water partition coefficient (Wildman–Crippen LogP) is 5.05. The van der Waals surface area contributed by atoms with Crippen molar-refractivity contribution in [3.05, 3.63) is 143 Å². The number of rotatable bonds is 7. The van der Waals surface area contributed by atoms with Crippen molar-refractivity contribution in [2.75, 3.05) is 12.4 Å². The number of ether oxygens (including phenoxy) is 1. The first kappa shape index (κ1) is 27.6. The third-order valence-electron chi connectivity index (χ3n) is 6.97. The Morgan fingerprint density at radius 2 is 1.84 bits per heavy atom. The number of fused-ring (bicyclic) bond motifs is 1. The third kappa shape index (κ3) is 5.29. The fourth-order valence-corrected chi connectivity index (χ4v) is 6.03. The molecule has 0 aliphatic carbocycles. The number of methoxy groups -OCH3 is 1. The minimum absolute atomic E-state index is 0.0853. The maximum absolute atomic E-state index is 14.0. The van der Waals surface area contributed by atoms with E-state index < -0.39 is 11.0 Å². The van der Waals surface area contributed by atoms with Gasteiger partial charge in [-0.3, -0.25) is 24.3 Å². The summed E-state index contributed by atoms with van der Waals surface area (Å²) in [6.45, 7) is 1.75. The summed E-state index contributed by atoms with van der Waals surface area (Å²) >= 11 is 1.16. The van der Waals surface area contributed by atoms with Crippen LogP contribution in [0.15, 0.2) is 116 Å². The first-order valence-electron chi connectivity index (χ1n) is 13.2. The number of anilines is 1. The van der Waals surface area contributed by atoms with Gasteiger partial charge in [0.05, 0.1) is 39.4 Å². The minimum atomic E-state index is -0.781. The summed E-state index contributed by atoms with van der Waals surface area (Å²) in [4.78, 5) is 43.8. The van der Waals surface area contributed by atoms with Crippen LogP contribution in [0.25, 0.3) is 17.4 Å². The van der Waals surface area contributed by atoms with E-state index in [4.69, 9.17) is 9.15 Å². The van der Waals surface area contributed by atoms with Gasteiger partial charge in [0.2, 0.25) is 0 Å². The van der Waals surface area contributed by atoms with Crippen molar-refractivity contribution >= 4 is 34.7 Å². The standard InChI is InChI=1S/C32H24N4O6S/c1-19-28(30(37)34-21-10-4-3-5-11-21)29(20-9-8-12-22(17-20)41-2)35-31(38)27(43-32(35)33-19)18-23-15-16-26(42-23)24-13-6-7-14-25(24)36(39)40/h3-18,29H,1-2H3,(H,34,37)/b27-18-/t29-/m0/s1. The van der Waals surface area contributed by atoms with Crippen LogP contribution < -0.4 is 24.9 Å². The molecule has 0 spiro atoms. The zero-order valence-electron chi connectivity index (χ0n) is 23.0. The average Bonchev–Trinajstić information content (AvgIpc) is 3.60. The first-order chi connectivity index (χ1) is 20.8. The number of nitro groups is 1. The summed E-state index contributed by atoms with van der Waals surface area (Å²) in [5.41, 5.74) is 1.98. The zero-order valence-corrected chi connectivity index (χ0v) is 23.8. The number of aromatic nitrogens is 1. The van der Waals surface area contributed by atoms with Gasteiger partial charge in [0.1, 0.15) is 17.3 Å². The summed E-state index contributed by atoms with van der Waals surface area (Å²) < 4.78 is 13.2. The van der Waals surface area contributed by atoms with E-state index in [1.54, 1.807) is 80.8 Å². The van der Waals surface area contributed by atoms with Gasteiger partial charge in [0.25, 0.3) is 17.2 Å². The Balaban J connectivity index is 1.46. The summed E-state index contributed by atoms with van der Waals surface area (Å²) in [6.07, 6.45) is 1.58. The highest BCUT2D eigenvalue weighted by atomic mass is 32.1. The number of benzene rings is 3. The van der Waals surface area contributed by atoms with Crippen LogP contribution in [0.4, 0.5) is 11.4 Å². The lowest BCUT2D eigenvalue weighted by Crippen LogP contribution is -2.40. The lowest BCUT2D eigenvalue weighted by Gasteiger charge is -2.25. The third-order valence-corrected chi connectivity index (χ3v) is 7.96. The molecule has 1 aliphatic rings. The smallest absolute Gasteiger partial charge is 0.280 e. The Labute approximate surface area is 248 Å².